The monoisotopic (exact) mass is 397 g/mol. The summed E-state index contributed by atoms with van der Waals surface area (Å²) in [6.45, 7) is 6.88. The van der Waals surface area contributed by atoms with Crippen molar-refractivity contribution in [2.75, 3.05) is 24.7 Å². The zero-order chi connectivity index (χ0) is 18.2. The van der Waals surface area contributed by atoms with E-state index in [-0.39, 0.29) is 42.2 Å². The lowest BCUT2D eigenvalue weighted by Crippen LogP contribution is -2.51. The Hall–Kier alpha value is -1.24. The number of halogens is 1. The van der Waals surface area contributed by atoms with Gasteiger partial charge in [0.2, 0.25) is 11.8 Å². The summed E-state index contributed by atoms with van der Waals surface area (Å²) in [4.78, 5) is 29.3. The topological polar surface area (TPSA) is 66.6 Å². The van der Waals surface area contributed by atoms with E-state index in [1.807, 2.05) is 43.9 Å². The molecule has 0 spiro atoms. The van der Waals surface area contributed by atoms with Crippen molar-refractivity contribution in [1.82, 2.24) is 9.80 Å². The van der Waals surface area contributed by atoms with Crippen molar-refractivity contribution in [2.24, 2.45) is 11.1 Å². The van der Waals surface area contributed by atoms with Crippen molar-refractivity contribution >= 4 is 36.0 Å². The van der Waals surface area contributed by atoms with Crippen molar-refractivity contribution in [1.29, 1.82) is 0 Å². The van der Waals surface area contributed by atoms with Gasteiger partial charge in [-0.15, -0.1) is 24.2 Å². The van der Waals surface area contributed by atoms with Gasteiger partial charge in [0.15, 0.2) is 0 Å². The normalized spacial score (nSPS) is 25.9. The van der Waals surface area contributed by atoms with Gasteiger partial charge in [0.1, 0.15) is 6.04 Å². The van der Waals surface area contributed by atoms with Gasteiger partial charge in [-0.1, -0.05) is 51.1 Å². The van der Waals surface area contributed by atoms with E-state index < -0.39 is 5.41 Å². The third-order valence-corrected chi connectivity index (χ3v) is 5.99. The van der Waals surface area contributed by atoms with E-state index in [4.69, 9.17) is 5.73 Å². The molecule has 2 fully saturated rings. The van der Waals surface area contributed by atoms with Crippen molar-refractivity contribution in [3.05, 3.63) is 35.9 Å². The zero-order valence-corrected chi connectivity index (χ0v) is 17.2. The fraction of sp³-hybridized carbons (Fsp3) is 0.579. The molecule has 2 aliphatic rings. The lowest BCUT2D eigenvalue weighted by Gasteiger charge is -2.31. The van der Waals surface area contributed by atoms with Crippen molar-refractivity contribution in [3.8, 4) is 0 Å². The molecule has 2 N–H and O–H groups in total. The standard InChI is InChI=1S/C19H27N3O2S.ClH/c1-19(2,3)18(24)22-12-25-11-16(22)17(23)21-9-14(15(20)10-21)13-7-5-4-6-8-13;/h4-8,14-16H,9-12,20H2,1-3H3;1H/t14-,15+,16?;/m0./s1. The number of benzene rings is 1. The van der Waals surface area contributed by atoms with Crippen LogP contribution in [0.4, 0.5) is 0 Å². The summed E-state index contributed by atoms with van der Waals surface area (Å²) in [5.41, 5.74) is 7.02. The lowest BCUT2D eigenvalue weighted by molar-refractivity contribution is -0.147. The molecule has 1 unspecified atom stereocenters. The molecule has 2 amide bonds. The van der Waals surface area contributed by atoms with Crippen molar-refractivity contribution in [3.63, 3.8) is 0 Å². The molecular formula is C19H28ClN3O2S. The lowest BCUT2D eigenvalue weighted by atomic mass is 9.94. The van der Waals surface area contributed by atoms with E-state index >= 15 is 0 Å². The summed E-state index contributed by atoms with van der Waals surface area (Å²) in [5, 5.41) is 0. The minimum Gasteiger partial charge on any atom is -0.339 e. The van der Waals surface area contributed by atoms with E-state index in [0.717, 1.165) is 0 Å². The number of amides is 2. The van der Waals surface area contributed by atoms with Crippen LogP contribution < -0.4 is 5.73 Å². The first-order chi connectivity index (χ1) is 11.8. The van der Waals surface area contributed by atoms with Gasteiger partial charge in [0, 0.05) is 36.2 Å². The summed E-state index contributed by atoms with van der Waals surface area (Å²) in [6, 6.07) is 9.70. The predicted molar refractivity (Wildman–Crippen MR) is 108 cm³/mol. The molecule has 3 rings (SSSR count). The van der Waals surface area contributed by atoms with Crippen LogP contribution in [0.15, 0.2) is 30.3 Å². The maximum Gasteiger partial charge on any atom is 0.246 e. The number of rotatable bonds is 2. The summed E-state index contributed by atoms with van der Waals surface area (Å²) in [5.74, 6) is 1.50. The van der Waals surface area contributed by atoms with Gasteiger partial charge in [-0.05, 0) is 5.56 Å². The number of carbonyl (C=O) groups excluding carboxylic acids is 2. The van der Waals surface area contributed by atoms with E-state index in [2.05, 4.69) is 12.1 Å². The fourth-order valence-electron chi connectivity index (χ4n) is 3.55. The van der Waals surface area contributed by atoms with Gasteiger partial charge in [-0.3, -0.25) is 9.59 Å². The quantitative estimate of drug-likeness (QED) is 0.831. The molecule has 1 aromatic rings. The van der Waals surface area contributed by atoms with Crippen LogP contribution in [0.3, 0.4) is 0 Å². The highest BCUT2D eigenvalue weighted by atomic mass is 35.5. The highest BCUT2D eigenvalue weighted by Gasteiger charge is 2.43. The average molecular weight is 398 g/mol. The number of nitrogens with zero attached hydrogens (tertiary/aromatic N) is 2. The van der Waals surface area contributed by atoms with E-state index in [9.17, 15) is 9.59 Å². The molecule has 2 saturated heterocycles. The largest absolute Gasteiger partial charge is 0.339 e. The van der Waals surface area contributed by atoms with Gasteiger partial charge in [-0.25, -0.2) is 0 Å². The van der Waals surface area contributed by atoms with Crippen LogP contribution in [-0.4, -0.2) is 58.4 Å². The van der Waals surface area contributed by atoms with E-state index in [1.165, 1.54) is 5.56 Å². The van der Waals surface area contributed by atoms with Crippen molar-refractivity contribution < 1.29 is 9.59 Å². The Morgan fingerprint density at radius 3 is 2.42 bits per heavy atom. The summed E-state index contributed by atoms with van der Waals surface area (Å²) in [6.07, 6.45) is 0. The Kier molecular flexibility index (Phi) is 6.64. The van der Waals surface area contributed by atoms with Crippen LogP contribution in [0.25, 0.3) is 0 Å². The number of likely N-dealkylation sites (tertiary alicyclic amines) is 1. The molecule has 0 aliphatic carbocycles. The van der Waals surface area contributed by atoms with Crippen LogP contribution in [0, 0.1) is 5.41 Å². The molecule has 0 radical (unpaired) electrons. The minimum absolute atomic E-state index is 0. The van der Waals surface area contributed by atoms with E-state index in [0.29, 0.717) is 24.7 Å². The average Bonchev–Trinajstić information content (AvgIpc) is 3.20. The van der Waals surface area contributed by atoms with E-state index in [1.54, 1.807) is 16.7 Å². The van der Waals surface area contributed by atoms with Gasteiger partial charge in [-0.2, -0.15) is 0 Å². The Morgan fingerprint density at radius 2 is 1.81 bits per heavy atom. The van der Waals surface area contributed by atoms with Gasteiger partial charge >= 0.3 is 0 Å². The van der Waals surface area contributed by atoms with Crippen LogP contribution in [0.5, 0.6) is 0 Å². The van der Waals surface area contributed by atoms with Gasteiger partial charge in [0.05, 0.1) is 5.88 Å². The number of hydrogen-bond donors (Lipinski definition) is 1. The number of thioether (sulfide) groups is 1. The zero-order valence-electron chi connectivity index (χ0n) is 15.6. The summed E-state index contributed by atoms with van der Waals surface area (Å²) >= 11 is 1.65. The van der Waals surface area contributed by atoms with Crippen molar-refractivity contribution in [2.45, 2.75) is 38.8 Å². The summed E-state index contributed by atoms with van der Waals surface area (Å²) < 4.78 is 0. The smallest absolute Gasteiger partial charge is 0.246 e. The molecule has 2 heterocycles. The number of nitrogens with two attached hydrogens (primary N) is 1. The Balaban J connectivity index is 0.00000243. The molecule has 0 aromatic heterocycles. The SMILES string of the molecule is CC(C)(C)C(=O)N1CSCC1C(=O)N1C[C@@H](N)[C@H](c2ccccc2)C1.Cl. The predicted octanol–water partition coefficient (Wildman–Crippen LogP) is 2.31. The van der Waals surface area contributed by atoms with Crippen LogP contribution >= 0.6 is 24.2 Å². The Morgan fingerprint density at radius 1 is 1.15 bits per heavy atom. The Bertz CT molecular complexity index is 650. The maximum atomic E-state index is 13.1. The van der Waals surface area contributed by atoms with Crippen LogP contribution in [-0.2, 0) is 9.59 Å². The molecule has 0 saturated carbocycles. The third-order valence-electron chi connectivity index (χ3n) is 4.97. The first kappa shape index (κ1) is 21.1. The second-order valence-electron chi connectivity index (χ2n) is 7.96. The molecule has 5 nitrogen and oxygen atoms in total. The molecule has 1 aromatic carbocycles. The fourth-order valence-corrected chi connectivity index (χ4v) is 4.70. The Labute approximate surface area is 166 Å². The third kappa shape index (κ3) is 4.18. The van der Waals surface area contributed by atoms with Gasteiger partial charge in [0.25, 0.3) is 0 Å². The first-order valence-corrected chi connectivity index (χ1v) is 9.92. The van der Waals surface area contributed by atoms with Gasteiger partial charge < -0.3 is 15.5 Å². The molecule has 26 heavy (non-hydrogen) atoms. The summed E-state index contributed by atoms with van der Waals surface area (Å²) in [7, 11) is 0. The van der Waals surface area contributed by atoms with Crippen LogP contribution in [0.1, 0.15) is 32.3 Å². The second-order valence-corrected chi connectivity index (χ2v) is 8.96. The molecule has 7 heteroatoms. The highest BCUT2D eigenvalue weighted by molar-refractivity contribution is 7.99. The van der Waals surface area contributed by atoms with Crippen LogP contribution in [0.2, 0.25) is 0 Å². The second kappa shape index (κ2) is 8.19. The molecule has 2 aliphatic heterocycles. The minimum atomic E-state index is -0.475. The first-order valence-electron chi connectivity index (χ1n) is 8.77. The molecular weight excluding hydrogens is 370 g/mol. The maximum absolute atomic E-state index is 13.1. The number of carbonyl (C=O) groups is 2. The highest BCUT2D eigenvalue weighted by Crippen LogP contribution is 2.31. The molecule has 3 atom stereocenters. The number of hydrogen-bond acceptors (Lipinski definition) is 4. The molecule has 0 bridgehead atoms. The molecule has 144 valence electrons.